The third-order valence-corrected chi connectivity index (χ3v) is 3.60. The van der Waals surface area contributed by atoms with Crippen LogP contribution in [0.5, 0.6) is 0 Å². The Hall–Kier alpha value is -0.740. The van der Waals surface area contributed by atoms with Crippen molar-refractivity contribution < 1.29 is 4.79 Å². The number of hydrogen-bond donors (Lipinski definition) is 0. The highest BCUT2D eigenvalue weighted by Gasteiger charge is 2.10. The molecule has 0 atom stereocenters. The molecule has 1 aromatic heterocycles. The summed E-state index contributed by atoms with van der Waals surface area (Å²) in [6, 6.07) is 4.05. The van der Waals surface area contributed by atoms with E-state index < -0.39 is 0 Å². The van der Waals surface area contributed by atoms with Gasteiger partial charge in [0.15, 0.2) is 10.8 Å². The van der Waals surface area contributed by atoms with Crippen molar-refractivity contribution in [3.05, 3.63) is 27.2 Å². The maximum Gasteiger partial charge on any atom is 0.188 e. The Morgan fingerprint density at radius 1 is 1.50 bits per heavy atom. The smallest absolute Gasteiger partial charge is 0.188 e. The van der Waals surface area contributed by atoms with Gasteiger partial charge in [-0.3, -0.25) is 4.79 Å². The van der Waals surface area contributed by atoms with Crippen LogP contribution in [0.1, 0.15) is 22.3 Å². The second-order valence-electron chi connectivity index (χ2n) is 3.17. The van der Waals surface area contributed by atoms with Gasteiger partial charge in [0.1, 0.15) is 0 Å². The highest BCUT2D eigenvalue weighted by molar-refractivity contribution is 9.10. The molecule has 0 unspecified atom stereocenters. The molecule has 0 fully saturated rings. The lowest BCUT2D eigenvalue weighted by Crippen LogP contribution is -1.88. The van der Waals surface area contributed by atoms with Gasteiger partial charge in [-0.1, -0.05) is 0 Å². The summed E-state index contributed by atoms with van der Waals surface area (Å²) in [6.07, 6.45) is 0. The maximum atomic E-state index is 11.1. The molecule has 0 N–H and O–H groups in total. The van der Waals surface area contributed by atoms with Crippen molar-refractivity contribution in [3.63, 3.8) is 0 Å². The Kier molecular flexibility index (Phi) is 2.41. The molecule has 2 aromatic rings. The van der Waals surface area contributed by atoms with Gasteiger partial charge in [0.05, 0.1) is 10.2 Å². The largest absolute Gasteiger partial charge is 0.292 e. The van der Waals surface area contributed by atoms with E-state index in [9.17, 15) is 4.79 Å². The Morgan fingerprint density at radius 3 is 2.86 bits per heavy atom. The molecule has 1 aromatic carbocycles. The summed E-state index contributed by atoms with van der Waals surface area (Å²) in [5.41, 5.74) is 2.05. The van der Waals surface area contributed by atoms with Crippen LogP contribution in [0.2, 0.25) is 0 Å². The lowest BCUT2D eigenvalue weighted by molar-refractivity contribution is 0.101. The molecule has 0 amide bonds. The van der Waals surface area contributed by atoms with E-state index in [2.05, 4.69) is 20.9 Å². The van der Waals surface area contributed by atoms with Gasteiger partial charge < -0.3 is 0 Å². The summed E-state index contributed by atoms with van der Waals surface area (Å²) in [5.74, 6) is 0.0238. The van der Waals surface area contributed by atoms with Crippen molar-refractivity contribution in [2.75, 3.05) is 0 Å². The van der Waals surface area contributed by atoms with E-state index in [1.807, 2.05) is 19.1 Å². The molecule has 0 spiro atoms. The number of thiazole rings is 1. The fraction of sp³-hybridized carbons (Fsp3) is 0.200. The van der Waals surface area contributed by atoms with Gasteiger partial charge in [-0.25, -0.2) is 4.98 Å². The first-order chi connectivity index (χ1) is 6.58. The summed E-state index contributed by atoms with van der Waals surface area (Å²) in [7, 11) is 0. The van der Waals surface area contributed by atoms with Crippen molar-refractivity contribution in [2.45, 2.75) is 13.8 Å². The molecular formula is C10H8BrNOS. The Bertz CT molecular complexity index is 518. The van der Waals surface area contributed by atoms with Gasteiger partial charge in [0.2, 0.25) is 0 Å². The molecule has 0 aliphatic carbocycles. The summed E-state index contributed by atoms with van der Waals surface area (Å²) >= 11 is 4.89. The first-order valence-corrected chi connectivity index (χ1v) is 5.76. The van der Waals surface area contributed by atoms with E-state index in [1.54, 1.807) is 6.92 Å². The van der Waals surface area contributed by atoms with Crippen LogP contribution in [0.4, 0.5) is 0 Å². The molecule has 72 valence electrons. The van der Waals surface area contributed by atoms with Crippen molar-refractivity contribution in [2.24, 2.45) is 0 Å². The SMILES string of the molecule is CC(=O)c1nc2c(Br)cc(C)cc2s1. The summed E-state index contributed by atoms with van der Waals surface area (Å²) in [6.45, 7) is 3.57. The van der Waals surface area contributed by atoms with Gasteiger partial charge in [-0.05, 0) is 40.5 Å². The van der Waals surface area contributed by atoms with E-state index >= 15 is 0 Å². The molecular weight excluding hydrogens is 262 g/mol. The van der Waals surface area contributed by atoms with Crippen LogP contribution in [0, 0.1) is 6.92 Å². The summed E-state index contributed by atoms with van der Waals surface area (Å²) < 4.78 is 2.01. The molecule has 2 nitrogen and oxygen atoms in total. The van der Waals surface area contributed by atoms with Crippen LogP contribution < -0.4 is 0 Å². The van der Waals surface area contributed by atoms with Crippen LogP contribution in [0.15, 0.2) is 16.6 Å². The molecule has 1 heterocycles. The molecule has 0 saturated carbocycles. The minimum Gasteiger partial charge on any atom is -0.292 e. The van der Waals surface area contributed by atoms with Crippen LogP contribution in [-0.4, -0.2) is 10.8 Å². The average Bonchev–Trinajstić information content (AvgIpc) is 2.47. The van der Waals surface area contributed by atoms with E-state index in [-0.39, 0.29) is 5.78 Å². The molecule has 0 aliphatic rings. The highest BCUT2D eigenvalue weighted by atomic mass is 79.9. The second-order valence-corrected chi connectivity index (χ2v) is 5.05. The predicted octanol–water partition coefficient (Wildman–Crippen LogP) is 3.57. The van der Waals surface area contributed by atoms with Crippen molar-refractivity contribution in [3.8, 4) is 0 Å². The van der Waals surface area contributed by atoms with Gasteiger partial charge in [-0.2, -0.15) is 0 Å². The van der Waals surface area contributed by atoms with E-state index in [4.69, 9.17) is 0 Å². The van der Waals surface area contributed by atoms with E-state index in [1.165, 1.54) is 16.9 Å². The zero-order valence-electron chi connectivity index (χ0n) is 7.80. The lowest BCUT2D eigenvalue weighted by Gasteiger charge is -1.94. The number of rotatable bonds is 1. The van der Waals surface area contributed by atoms with Gasteiger partial charge in [-0.15, -0.1) is 11.3 Å². The fourth-order valence-corrected chi connectivity index (χ4v) is 3.05. The molecule has 0 saturated heterocycles. The second kappa shape index (κ2) is 3.44. The van der Waals surface area contributed by atoms with Crippen molar-refractivity contribution >= 4 is 43.3 Å². The van der Waals surface area contributed by atoms with Crippen LogP contribution in [0.25, 0.3) is 10.2 Å². The number of Topliss-reactive ketones (excluding diaryl/α,β-unsaturated/α-hetero) is 1. The fourth-order valence-electron chi connectivity index (χ4n) is 1.27. The number of aromatic nitrogens is 1. The zero-order valence-corrected chi connectivity index (χ0v) is 10.2. The Morgan fingerprint density at radius 2 is 2.21 bits per heavy atom. The first kappa shape index (κ1) is 9.80. The normalized spacial score (nSPS) is 10.8. The minimum atomic E-state index is 0.0238. The molecule has 0 bridgehead atoms. The summed E-state index contributed by atoms with van der Waals surface area (Å²) in [4.78, 5) is 15.4. The van der Waals surface area contributed by atoms with Crippen LogP contribution in [0.3, 0.4) is 0 Å². The number of ketones is 1. The number of benzene rings is 1. The van der Waals surface area contributed by atoms with E-state index in [0.717, 1.165) is 14.7 Å². The third kappa shape index (κ3) is 1.60. The molecule has 0 radical (unpaired) electrons. The van der Waals surface area contributed by atoms with Crippen LogP contribution >= 0.6 is 27.3 Å². The number of carbonyl (C=O) groups is 1. The number of hydrogen-bond acceptors (Lipinski definition) is 3. The third-order valence-electron chi connectivity index (χ3n) is 1.89. The van der Waals surface area contributed by atoms with Crippen molar-refractivity contribution in [1.82, 2.24) is 4.98 Å². The van der Waals surface area contributed by atoms with Gasteiger partial charge >= 0.3 is 0 Å². The van der Waals surface area contributed by atoms with Crippen molar-refractivity contribution in [1.29, 1.82) is 0 Å². The molecule has 2 rings (SSSR count). The first-order valence-electron chi connectivity index (χ1n) is 4.15. The Labute approximate surface area is 94.1 Å². The lowest BCUT2D eigenvalue weighted by atomic mass is 10.2. The standard InChI is InChI=1S/C10H8BrNOS/c1-5-3-7(11)9-8(4-5)14-10(12-9)6(2)13/h3-4H,1-2H3. The number of aryl methyl sites for hydroxylation is 1. The summed E-state index contributed by atoms with van der Waals surface area (Å²) in [5, 5.41) is 0.575. The number of halogens is 1. The Balaban J connectivity index is 2.76. The average molecular weight is 270 g/mol. The van der Waals surface area contributed by atoms with E-state index in [0.29, 0.717) is 5.01 Å². The zero-order chi connectivity index (χ0) is 10.3. The number of nitrogens with zero attached hydrogens (tertiary/aromatic N) is 1. The molecule has 4 heteroatoms. The molecule has 14 heavy (non-hydrogen) atoms. The minimum absolute atomic E-state index is 0.0238. The monoisotopic (exact) mass is 269 g/mol. The quantitative estimate of drug-likeness (QED) is 0.741. The number of carbonyl (C=O) groups excluding carboxylic acids is 1. The van der Waals surface area contributed by atoms with Gasteiger partial charge in [0, 0.05) is 11.4 Å². The predicted molar refractivity (Wildman–Crippen MR) is 62.1 cm³/mol. The number of fused-ring (bicyclic) bond motifs is 1. The highest BCUT2D eigenvalue weighted by Crippen LogP contribution is 2.29. The van der Waals surface area contributed by atoms with Gasteiger partial charge in [0.25, 0.3) is 0 Å². The molecule has 0 aliphatic heterocycles. The maximum absolute atomic E-state index is 11.1. The van der Waals surface area contributed by atoms with Crippen LogP contribution in [-0.2, 0) is 0 Å². The topological polar surface area (TPSA) is 30.0 Å².